The highest BCUT2D eigenvalue weighted by atomic mass is 79.9. The van der Waals surface area contributed by atoms with Crippen LogP contribution in [0.5, 0.6) is 0 Å². The van der Waals surface area contributed by atoms with Crippen LogP contribution in [0.4, 0.5) is 0 Å². The van der Waals surface area contributed by atoms with Gasteiger partial charge in [0.05, 0.1) is 11.1 Å². The van der Waals surface area contributed by atoms with Crippen LogP contribution in [0.2, 0.25) is 0 Å². The first kappa shape index (κ1) is 8.75. The van der Waals surface area contributed by atoms with Gasteiger partial charge in [0.2, 0.25) is 0 Å². The molecule has 1 aromatic rings. The maximum atomic E-state index is 10.6. The lowest BCUT2D eigenvalue weighted by atomic mass is 10.1. The molecule has 3 nitrogen and oxygen atoms in total. The van der Waals surface area contributed by atoms with Crippen LogP contribution in [0.3, 0.4) is 0 Å². The van der Waals surface area contributed by atoms with Crippen molar-refractivity contribution in [2.24, 2.45) is 0 Å². The average Bonchev–Trinajstić information content (AvgIpc) is 2.03. The van der Waals surface area contributed by atoms with Gasteiger partial charge in [0.15, 0.2) is 0 Å². The number of carboxylic acids is 1. The molecular formula is C8H4BrNO2. The molecule has 60 valence electrons. The maximum Gasteiger partial charge on any atom is 0.337 e. The van der Waals surface area contributed by atoms with Gasteiger partial charge in [-0.3, -0.25) is 0 Å². The minimum Gasteiger partial charge on any atom is -0.478 e. The van der Waals surface area contributed by atoms with E-state index in [1.54, 1.807) is 12.1 Å². The van der Waals surface area contributed by atoms with Gasteiger partial charge in [0, 0.05) is 4.47 Å². The Labute approximate surface area is 77.4 Å². The Balaban J connectivity index is 3.40. The third-order valence-electron chi connectivity index (χ3n) is 1.36. The van der Waals surface area contributed by atoms with Crippen LogP contribution in [0, 0.1) is 11.3 Å². The van der Waals surface area contributed by atoms with Gasteiger partial charge in [-0.1, -0.05) is 6.07 Å². The van der Waals surface area contributed by atoms with Crippen molar-refractivity contribution in [3.8, 4) is 6.07 Å². The molecule has 0 heterocycles. The molecule has 0 fully saturated rings. The summed E-state index contributed by atoms with van der Waals surface area (Å²) in [4.78, 5) is 10.6. The van der Waals surface area contributed by atoms with Crippen molar-refractivity contribution in [2.75, 3.05) is 0 Å². The second-order valence-electron chi connectivity index (χ2n) is 2.08. The number of rotatable bonds is 1. The zero-order valence-corrected chi connectivity index (χ0v) is 7.50. The van der Waals surface area contributed by atoms with Gasteiger partial charge in [-0.25, -0.2) is 4.79 Å². The van der Waals surface area contributed by atoms with Crippen LogP contribution >= 0.6 is 15.9 Å². The van der Waals surface area contributed by atoms with Crippen LogP contribution in [0.15, 0.2) is 22.7 Å². The Bertz CT molecular complexity index is 368. The molecular weight excluding hydrogens is 222 g/mol. The molecule has 0 unspecified atom stereocenters. The summed E-state index contributed by atoms with van der Waals surface area (Å²) in [5.41, 5.74) is 0.178. The van der Waals surface area contributed by atoms with Gasteiger partial charge in [0.25, 0.3) is 0 Å². The van der Waals surface area contributed by atoms with E-state index in [1.165, 1.54) is 6.07 Å². The van der Waals surface area contributed by atoms with Gasteiger partial charge in [-0.15, -0.1) is 0 Å². The molecule has 1 aromatic carbocycles. The van der Waals surface area contributed by atoms with E-state index in [1.807, 2.05) is 6.07 Å². The molecule has 1 rings (SSSR count). The molecule has 0 spiro atoms. The fraction of sp³-hybridized carbons (Fsp3) is 0. The fourth-order valence-corrected chi connectivity index (χ4v) is 1.27. The third-order valence-corrected chi connectivity index (χ3v) is 2.02. The average molecular weight is 226 g/mol. The summed E-state index contributed by atoms with van der Waals surface area (Å²) in [5.74, 6) is -1.09. The smallest absolute Gasteiger partial charge is 0.337 e. The Hall–Kier alpha value is -1.34. The van der Waals surface area contributed by atoms with Crippen LogP contribution in [-0.4, -0.2) is 11.1 Å². The highest BCUT2D eigenvalue weighted by Crippen LogP contribution is 2.19. The number of nitriles is 1. The molecule has 0 radical (unpaired) electrons. The van der Waals surface area contributed by atoms with Crippen LogP contribution in [0.1, 0.15) is 15.9 Å². The second kappa shape index (κ2) is 3.37. The molecule has 0 atom stereocenters. The first-order chi connectivity index (χ1) is 5.66. The number of carboxylic acid groups (broad SMARTS) is 1. The fourth-order valence-electron chi connectivity index (χ4n) is 0.816. The molecule has 0 amide bonds. The first-order valence-corrected chi connectivity index (χ1v) is 3.88. The zero-order valence-electron chi connectivity index (χ0n) is 5.91. The maximum absolute atomic E-state index is 10.6. The van der Waals surface area contributed by atoms with E-state index in [4.69, 9.17) is 10.4 Å². The van der Waals surface area contributed by atoms with E-state index in [9.17, 15) is 4.79 Å². The molecule has 0 saturated carbocycles. The van der Waals surface area contributed by atoms with Crippen molar-refractivity contribution in [2.45, 2.75) is 0 Å². The minimum absolute atomic E-state index is 0.0203. The molecule has 12 heavy (non-hydrogen) atoms. The van der Waals surface area contributed by atoms with E-state index in [2.05, 4.69) is 15.9 Å². The Kier molecular flexibility index (Phi) is 2.46. The summed E-state index contributed by atoms with van der Waals surface area (Å²) in [7, 11) is 0. The highest BCUT2D eigenvalue weighted by molar-refractivity contribution is 9.10. The van der Waals surface area contributed by atoms with E-state index in [0.29, 0.717) is 4.47 Å². The Morgan fingerprint density at radius 2 is 2.25 bits per heavy atom. The van der Waals surface area contributed by atoms with Crippen LogP contribution in [0.25, 0.3) is 0 Å². The summed E-state index contributed by atoms with van der Waals surface area (Å²) in [5, 5.41) is 17.3. The number of aromatic carboxylic acids is 1. The van der Waals surface area contributed by atoms with E-state index >= 15 is 0 Å². The standard InChI is InChI=1S/C8H4BrNO2/c9-7-3-1-2-5(8(11)12)6(7)4-10/h1-3H,(H,11,12). The molecule has 0 aromatic heterocycles. The lowest BCUT2D eigenvalue weighted by Crippen LogP contribution is -1.99. The lowest BCUT2D eigenvalue weighted by Gasteiger charge is -1.98. The minimum atomic E-state index is -1.09. The first-order valence-electron chi connectivity index (χ1n) is 3.08. The van der Waals surface area contributed by atoms with Gasteiger partial charge >= 0.3 is 5.97 Å². The van der Waals surface area contributed by atoms with Crippen LogP contribution < -0.4 is 0 Å². The SMILES string of the molecule is N#Cc1c(Br)cccc1C(=O)O. The summed E-state index contributed by atoms with van der Waals surface area (Å²) in [6.45, 7) is 0. The van der Waals surface area contributed by atoms with Crippen molar-refractivity contribution in [1.29, 1.82) is 5.26 Å². The number of carbonyl (C=O) groups is 1. The highest BCUT2D eigenvalue weighted by Gasteiger charge is 2.11. The molecule has 0 saturated heterocycles. The molecule has 0 aliphatic heterocycles. The number of halogens is 1. The summed E-state index contributed by atoms with van der Waals surface area (Å²) < 4.78 is 0.505. The van der Waals surface area contributed by atoms with Crippen molar-refractivity contribution >= 4 is 21.9 Å². The molecule has 1 N–H and O–H groups in total. The van der Waals surface area contributed by atoms with E-state index in [0.717, 1.165) is 0 Å². The molecule has 0 aliphatic rings. The number of hydrogen-bond acceptors (Lipinski definition) is 2. The molecule has 0 bridgehead atoms. The predicted octanol–water partition coefficient (Wildman–Crippen LogP) is 2.02. The van der Waals surface area contributed by atoms with Gasteiger partial charge in [0.1, 0.15) is 6.07 Å². The number of nitrogens with zero attached hydrogens (tertiary/aromatic N) is 1. The van der Waals surface area contributed by atoms with Crippen LogP contribution in [-0.2, 0) is 0 Å². The quantitative estimate of drug-likeness (QED) is 0.796. The zero-order chi connectivity index (χ0) is 9.14. The predicted molar refractivity (Wildman–Crippen MR) is 45.8 cm³/mol. The summed E-state index contributed by atoms with van der Waals surface area (Å²) in [6.07, 6.45) is 0. The lowest BCUT2D eigenvalue weighted by molar-refractivity contribution is 0.0696. The third kappa shape index (κ3) is 1.46. The van der Waals surface area contributed by atoms with Gasteiger partial charge in [-0.2, -0.15) is 5.26 Å². The topological polar surface area (TPSA) is 61.1 Å². The monoisotopic (exact) mass is 225 g/mol. The number of benzene rings is 1. The van der Waals surface area contributed by atoms with E-state index in [-0.39, 0.29) is 11.1 Å². The summed E-state index contributed by atoms with van der Waals surface area (Å²) >= 11 is 3.09. The van der Waals surface area contributed by atoms with E-state index < -0.39 is 5.97 Å². The van der Waals surface area contributed by atoms with Crippen molar-refractivity contribution in [3.05, 3.63) is 33.8 Å². The molecule has 0 aliphatic carbocycles. The van der Waals surface area contributed by atoms with Gasteiger partial charge in [-0.05, 0) is 28.1 Å². The van der Waals surface area contributed by atoms with Gasteiger partial charge < -0.3 is 5.11 Å². The van der Waals surface area contributed by atoms with Crippen molar-refractivity contribution in [1.82, 2.24) is 0 Å². The molecule has 4 heteroatoms. The Morgan fingerprint density at radius 1 is 1.58 bits per heavy atom. The largest absolute Gasteiger partial charge is 0.478 e. The Morgan fingerprint density at radius 3 is 2.67 bits per heavy atom. The normalized spacial score (nSPS) is 9.00. The second-order valence-corrected chi connectivity index (χ2v) is 2.93. The summed E-state index contributed by atoms with van der Waals surface area (Å²) in [6, 6.07) is 6.42. The van der Waals surface area contributed by atoms with Crippen molar-refractivity contribution < 1.29 is 9.90 Å². The van der Waals surface area contributed by atoms with Crippen molar-refractivity contribution in [3.63, 3.8) is 0 Å². The number of hydrogen-bond donors (Lipinski definition) is 1.